The van der Waals surface area contributed by atoms with Crippen LogP contribution < -0.4 is 0 Å². The molecule has 1 aliphatic rings. The minimum absolute atomic E-state index is 0.168. The van der Waals surface area contributed by atoms with Crippen LogP contribution in [0.4, 0.5) is 0 Å². The van der Waals surface area contributed by atoms with Crippen LogP contribution in [0.15, 0.2) is 24.8 Å². The first-order valence-corrected chi connectivity index (χ1v) is 4.82. The van der Waals surface area contributed by atoms with Crippen molar-refractivity contribution in [2.24, 2.45) is 0 Å². The lowest BCUT2D eigenvalue weighted by atomic mass is 10.0. The molecule has 0 aliphatic carbocycles. The summed E-state index contributed by atoms with van der Waals surface area (Å²) < 4.78 is 5.73. The van der Waals surface area contributed by atoms with Crippen LogP contribution in [0.3, 0.4) is 0 Å². The molecule has 2 heteroatoms. The second-order valence-corrected chi connectivity index (χ2v) is 3.50. The van der Waals surface area contributed by atoms with Crippen LogP contribution in [0.25, 0.3) is 0 Å². The van der Waals surface area contributed by atoms with Crippen molar-refractivity contribution in [1.82, 2.24) is 0 Å². The van der Waals surface area contributed by atoms with Crippen molar-refractivity contribution in [3.05, 3.63) is 24.8 Å². The van der Waals surface area contributed by atoms with Crippen LogP contribution >= 0.6 is 0 Å². The topological polar surface area (TPSA) is 29.5 Å². The van der Waals surface area contributed by atoms with Gasteiger partial charge in [-0.2, -0.15) is 0 Å². The third-order valence-corrected chi connectivity index (χ3v) is 2.37. The Kier molecular flexibility index (Phi) is 4.19. The summed E-state index contributed by atoms with van der Waals surface area (Å²) in [5.41, 5.74) is 1.17. The standard InChI is InChI=1S/C11H18O2/c1-3-5-11-9(2)8-10(13-11)6-4-7-12/h3,10-12H,1-2,4-8H2/t10-,11-/m0/s1. The fourth-order valence-electron chi connectivity index (χ4n) is 1.66. The van der Waals surface area contributed by atoms with Gasteiger partial charge in [0.05, 0.1) is 12.2 Å². The van der Waals surface area contributed by atoms with Crippen LogP contribution in [0.2, 0.25) is 0 Å². The van der Waals surface area contributed by atoms with Crippen molar-refractivity contribution in [2.75, 3.05) is 6.61 Å². The molecule has 1 fully saturated rings. The number of ether oxygens (including phenoxy) is 1. The summed E-state index contributed by atoms with van der Waals surface area (Å²) in [7, 11) is 0. The number of rotatable bonds is 5. The maximum Gasteiger partial charge on any atom is 0.0821 e. The summed E-state index contributed by atoms with van der Waals surface area (Å²) in [4.78, 5) is 0. The van der Waals surface area contributed by atoms with E-state index in [0.717, 1.165) is 25.7 Å². The van der Waals surface area contributed by atoms with Crippen molar-refractivity contribution < 1.29 is 9.84 Å². The molecule has 1 rings (SSSR count). The van der Waals surface area contributed by atoms with E-state index in [1.54, 1.807) is 0 Å². The van der Waals surface area contributed by atoms with Gasteiger partial charge in [-0.3, -0.25) is 0 Å². The molecule has 1 aliphatic heterocycles. The average Bonchev–Trinajstić information content (AvgIpc) is 2.45. The molecule has 0 bridgehead atoms. The lowest BCUT2D eigenvalue weighted by Gasteiger charge is -2.11. The predicted molar refractivity (Wildman–Crippen MR) is 53.6 cm³/mol. The maximum atomic E-state index is 8.67. The van der Waals surface area contributed by atoms with Gasteiger partial charge in [0.25, 0.3) is 0 Å². The van der Waals surface area contributed by atoms with Crippen LogP contribution in [-0.4, -0.2) is 23.9 Å². The molecule has 0 radical (unpaired) electrons. The van der Waals surface area contributed by atoms with Gasteiger partial charge in [0.1, 0.15) is 0 Å². The fraction of sp³-hybridized carbons (Fsp3) is 0.636. The van der Waals surface area contributed by atoms with Gasteiger partial charge in [-0.15, -0.1) is 6.58 Å². The molecule has 1 N–H and O–H groups in total. The van der Waals surface area contributed by atoms with Gasteiger partial charge in [0.2, 0.25) is 0 Å². The van der Waals surface area contributed by atoms with Gasteiger partial charge in [-0.25, -0.2) is 0 Å². The molecule has 0 aromatic carbocycles. The maximum absolute atomic E-state index is 8.67. The highest BCUT2D eigenvalue weighted by Crippen LogP contribution is 2.29. The predicted octanol–water partition coefficient (Wildman–Crippen LogP) is 2.05. The van der Waals surface area contributed by atoms with E-state index in [2.05, 4.69) is 13.2 Å². The number of hydrogen-bond donors (Lipinski definition) is 1. The molecule has 0 unspecified atom stereocenters. The van der Waals surface area contributed by atoms with Crippen LogP contribution in [0.1, 0.15) is 25.7 Å². The van der Waals surface area contributed by atoms with Crippen LogP contribution in [-0.2, 0) is 4.74 Å². The molecule has 13 heavy (non-hydrogen) atoms. The van der Waals surface area contributed by atoms with E-state index in [4.69, 9.17) is 9.84 Å². The van der Waals surface area contributed by atoms with Crippen molar-refractivity contribution >= 4 is 0 Å². The van der Waals surface area contributed by atoms with E-state index in [9.17, 15) is 0 Å². The van der Waals surface area contributed by atoms with Gasteiger partial charge < -0.3 is 9.84 Å². The molecule has 2 atom stereocenters. The normalized spacial score (nSPS) is 27.9. The highest BCUT2D eigenvalue weighted by molar-refractivity contribution is 5.10. The van der Waals surface area contributed by atoms with Gasteiger partial charge in [-0.1, -0.05) is 12.7 Å². The number of aliphatic hydroxyl groups excluding tert-OH is 1. The molecule has 0 aromatic rings. The van der Waals surface area contributed by atoms with Crippen molar-refractivity contribution in [3.8, 4) is 0 Å². The largest absolute Gasteiger partial charge is 0.396 e. The Hall–Kier alpha value is -0.600. The van der Waals surface area contributed by atoms with Gasteiger partial charge >= 0.3 is 0 Å². The molecule has 1 heterocycles. The third kappa shape index (κ3) is 2.98. The summed E-state index contributed by atoms with van der Waals surface area (Å²) in [6, 6.07) is 0. The lowest BCUT2D eigenvalue weighted by molar-refractivity contribution is 0.0451. The van der Waals surface area contributed by atoms with E-state index in [1.807, 2.05) is 6.08 Å². The lowest BCUT2D eigenvalue weighted by Crippen LogP contribution is -2.10. The van der Waals surface area contributed by atoms with E-state index >= 15 is 0 Å². The molecular formula is C11H18O2. The average molecular weight is 182 g/mol. The minimum Gasteiger partial charge on any atom is -0.396 e. The molecule has 2 nitrogen and oxygen atoms in total. The smallest absolute Gasteiger partial charge is 0.0821 e. The zero-order chi connectivity index (χ0) is 9.68. The molecular weight excluding hydrogens is 164 g/mol. The van der Waals surface area contributed by atoms with Crippen molar-refractivity contribution in [1.29, 1.82) is 0 Å². The van der Waals surface area contributed by atoms with Crippen molar-refractivity contribution in [3.63, 3.8) is 0 Å². The summed E-state index contributed by atoms with van der Waals surface area (Å²) in [6.45, 7) is 7.91. The first kappa shape index (κ1) is 10.5. The molecule has 1 saturated heterocycles. The monoisotopic (exact) mass is 182 g/mol. The highest BCUT2D eigenvalue weighted by atomic mass is 16.5. The number of aliphatic hydroxyl groups is 1. The highest BCUT2D eigenvalue weighted by Gasteiger charge is 2.26. The first-order chi connectivity index (χ1) is 6.27. The van der Waals surface area contributed by atoms with Gasteiger partial charge in [-0.05, 0) is 31.3 Å². The molecule has 0 spiro atoms. The Bertz CT molecular complexity index is 187. The SMILES string of the molecule is C=CC[C@@H]1O[C@@H](CCCO)CC1=C. The zero-order valence-corrected chi connectivity index (χ0v) is 8.04. The second-order valence-electron chi connectivity index (χ2n) is 3.50. The zero-order valence-electron chi connectivity index (χ0n) is 8.04. The van der Waals surface area contributed by atoms with Crippen LogP contribution in [0.5, 0.6) is 0 Å². The van der Waals surface area contributed by atoms with E-state index < -0.39 is 0 Å². The molecule has 74 valence electrons. The Morgan fingerprint density at radius 2 is 2.38 bits per heavy atom. The van der Waals surface area contributed by atoms with Gasteiger partial charge in [0.15, 0.2) is 0 Å². The van der Waals surface area contributed by atoms with E-state index in [0.29, 0.717) is 0 Å². The Labute approximate surface area is 79.9 Å². The van der Waals surface area contributed by atoms with E-state index in [1.165, 1.54) is 5.57 Å². The summed E-state index contributed by atoms with van der Waals surface area (Å²) in [6.07, 6.45) is 5.85. The summed E-state index contributed by atoms with van der Waals surface area (Å²) in [5.74, 6) is 0. The Morgan fingerprint density at radius 3 is 3.00 bits per heavy atom. The quantitative estimate of drug-likeness (QED) is 0.659. The Balaban J connectivity index is 2.31. The van der Waals surface area contributed by atoms with Crippen LogP contribution in [0, 0.1) is 0 Å². The van der Waals surface area contributed by atoms with Crippen molar-refractivity contribution in [2.45, 2.75) is 37.9 Å². The number of hydrogen-bond acceptors (Lipinski definition) is 2. The second kappa shape index (κ2) is 5.20. The molecule has 0 aromatic heterocycles. The molecule has 0 amide bonds. The molecule has 0 saturated carbocycles. The fourth-order valence-corrected chi connectivity index (χ4v) is 1.66. The summed E-state index contributed by atoms with van der Waals surface area (Å²) >= 11 is 0. The first-order valence-electron chi connectivity index (χ1n) is 4.82. The summed E-state index contributed by atoms with van der Waals surface area (Å²) in [5, 5.41) is 8.67. The Morgan fingerprint density at radius 1 is 1.62 bits per heavy atom. The minimum atomic E-state index is 0.168. The van der Waals surface area contributed by atoms with E-state index in [-0.39, 0.29) is 18.8 Å². The van der Waals surface area contributed by atoms with Gasteiger partial charge in [0, 0.05) is 6.61 Å². The third-order valence-electron chi connectivity index (χ3n) is 2.37.